The van der Waals surface area contributed by atoms with Crippen LogP contribution in [0.1, 0.15) is 30.0 Å². The molecule has 0 saturated carbocycles. The summed E-state index contributed by atoms with van der Waals surface area (Å²) in [6.45, 7) is 2.10. The number of hydrogen-bond donors (Lipinski definition) is 1. The van der Waals surface area contributed by atoms with Crippen LogP contribution in [-0.2, 0) is 20.6 Å². The van der Waals surface area contributed by atoms with Crippen molar-refractivity contribution in [2.24, 2.45) is 14.1 Å². The lowest BCUT2D eigenvalue weighted by molar-refractivity contribution is 0.180. The highest BCUT2D eigenvalue weighted by molar-refractivity contribution is 5.74. The molecule has 2 aromatic heterocycles. The number of aryl methyl sites for hydroxylation is 2. The van der Waals surface area contributed by atoms with Gasteiger partial charge in [0.15, 0.2) is 0 Å². The minimum atomic E-state index is 0.00677. The van der Waals surface area contributed by atoms with E-state index in [4.69, 9.17) is 0 Å². The van der Waals surface area contributed by atoms with E-state index in [0.29, 0.717) is 12.5 Å². The van der Waals surface area contributed by atoms with Crippen molar-refractivity contribution in [3.63, 3.8) is 0 Å². The maximum atomic E-state index is 12.2. The number of nitrogens with one attached hydrogen (secondary N) is 1. The van der Waals surface area contributed by atoms with E-state index in [1.807, 2.05) is 36.1 Å². The van der Waals surface area contributed by atoms with Crippen molar-refractivity contribution in [1.29, 1.82) is 0 Å². The molecule has 1 aliphatic rings. The quantitative estimate of drug-likeness (QED) is 0.927. The molecule has 118 valence electrons. The smallest absolute Gasteiger partial charge is 0.317 e. The Morgan fingerprint density at radius 2 is 2.09 bits per heavy atom. The molecule has 0 aliphatic carbocycles. The Bertz CT molecular complexity index is 638. The van der Waals surface area contributed by atoms with Crippen LogP contribution < -0.4 is 5.32 Å². The zero-order valence-electron chi connectivity index (χ0n) is 13.1. The fourth-order valence-electron chi connectivity index (χ4n) is 3.02. The zero-order valence-corrected chi connectivity index (χ0v) is 13.1. The Balaban J connectivity index is 1.48. The second-order valence-electron chi connectivity index (χ2n) is 5.82. The molecule has 1 saturated heterocycles. The van der Waals surface area contributed by atoms with Crippen LogP contribution in [0, 0.1) is 0 Å². The van der Waals surface area contributed by atoms with Crippen LogP contribution in [-0.4, -0.2) is 43.6 Å². The zero-order chi connectivity index (χ0) is 15.5. The predicted molar refractivity (Wildman–Crippen MR) is 82.2 cm³/mol. The molecular formula is C15H22N6O. The highest BCUT2D eigenvalue weighted by Crippen LogP contribution is 2.27. The van der Waals surface area contributed by atoms with Gasteiger partial charge in [-0.15, -0.1) is 0 Å². The minimum Gasteiger partial charge on any atom is -0.334 e. The molecule has 1 N–H and O–H groups in total. The SMILES string of the molecule is Cn1cc(CNC(=O)N2CCC(c3ccnn3C)CC2)cn1. The van der Waals surface area contributed by atoms with Gasteiger partial charge in [0, 0.05) is 63.3 Å². The molecule has 2 amide bonds. The van der Waals surface area contributed by atoms with Crippen molar-refractivity contribution >= 4 is 6.03 Å². The van der Waals surface area contributed by atoms with Gasteiger partial charge < -0.3 is 10.2 Å². The van der Waals surface area contributed by atoms with Crippen LogP contribution in [0.5, 0.6) is 0 Å². The number of aromatic nitrogens is 4. The van der Waals surface area contributed by atoms with Gasteiger partial charge >= 0.3 is 6.03 Å². The average molecular weight is 302 g/mol. The maximum Gasteiger partial charge on any atom is 0.317 e. The largest absolute Gasteiger partial charge is 0.334 e. The molecule has 0 aromatic carbocycles. The first-order chi connectivity index (χ1) is 10.6. The summed E-state index contributed by atoms with van der Waals surface area (Å²) in [6, 6.07) is 2.08. The first-order valence-electron chi connectivity index (χ1n) is 7.61. The van der Waals surface area contributed by atoms with Crippen molar-refractivity contribution < 1.29 is 4.79 Å². The van der Waals surface area contributed by atoms with Crippen LogP contribution in [0.2, 0.25) is 0 Å². The van der Waals surface area contributed by atoms with Crippen LogP contribution in [0.15, 0.2) is 24.7 Å². The van der Waals surface area contributed by atoms with Gasteiger partial charge in [0.25, 0.3) is 0 Å². The van der Waals surface area contributed by atoms with E-state index in [-0.39, 0.29) is 6.03 Å². The van der Waals surface area contributed by atoms with Crippen LogP contribution >= 0.6 is 0 Å². The monoisotopic (exact) mass is 302 g/mol. The summed E-state index contributed by atoms with van der Waals surface area (Å²) >= 11 is 0. The van der Waals surface area contributed by atoms with Gasteiger partial charge in [-0.3, -0.25) is 9.36 Å². The molecule has 7 nitrogen and oxygen atoms in total. The van der Waals surface area contributed by atoms with E-state index in [0.717, 1.165) is 31.5 Å². The molecular weight excluding hydrogens is 280 g/mol. The standard InChI is InChI=1S/C15H22N6O/c1-19-11-12(10-18-19)9-16-15(22)21-7-4-13(5-8-21)14-3-6-17-20(14)2/h3,6,10-11,13H,4-5,7-9H2,1-2H3,(H,16,22). The van der Waals surface area contributed by atoms with Crippen molar-refractivity contribution in [3.8, 4) is 0 Å². The number of hydrogen-bond acceptors (Lipinski definition) is 3. The number of carbonyl (C=O) groups is 1. The summed E-state index contributed by atoms with van der Waals surface area (Å²) < 4.78 is 3.67. The summed E-state index contributed by atoms with van der Waals surface area (Å²) in [5, 5.41) is 11.3. The normalized spacial score (nSPS) is 16.0. The third kappa shape index (κ3) is 3.13. The Hall–Kier alpha value is -2.31. The maximum absolute atomic E-state index is 12.2. The molecule has 1 aliphatic heterocycles. The first kappa shape index (κ1) is 14.6. The second-order valence-corrected chi connectivity index (χ2v) is 5.82. The van der Waals surface area contributed by atoms with Crippen molar-refractivity contribution in [1.82, 2.24) is 29.8 Å². The third-order valence-corrected chi connectivity index (χ3v) is 4.26. The van der Waals surface area contributed by atoms with E-state index in [9.17, 15) is 4.79 Å². The molecule has 7 heteroatoms. The average Bonchev–Trinajstić information content (AvgIpc) is 3.13. The Labute approximate surface area is 129 Å². The van der Waals surface area contributed by atoms with Gasteiger partial charge in [0.1, 0.15) is 0 Å². The summed E-state index contributed by atoms with van der Waals surface area (Å²) in [6.07, 6.45) is 7.49. The summed E-state index contributed by atoms with van der Waals surface area (Å²) in [5.74, 6) is 0.495. The Morgan fingerprint density at radius 1 is 1.32 bits per heavy atom. The van der Waals surface area contributed by atoms with E-state index in [1.165, 1.54) is 5.69 Å². The molecule has 3 heterocycles. The number of piperidine rings is 1. The minimum absolute atomic E-state index is 0.00677. The van der Waals surface area contributed by atoms with E-state index in [2.05, 4.69) is 21.6 Å². The number of urea groups is 1. The summed E-state index contributed by atoms with van der Waals surface area (Å²) in [5.41, 5.74) is 2.27. The first-order valence-corrected chi connectivity index (χ1v) is 7.61. The van der Waals surface area contributed by atoms with Crippen molar-refractivity contribution in [2.75, 3.05) is 13.1 Å². The lowest BCUT2D eigenvalue weighted by Crippen LogP contribution is -2.44. The fraction of sp³-hybridized carbons (Fsp3) is 0.533. The molecule has 0 atom stereocenters. The number of likely N-dealkylation sites (tertiary alicyclic amines) is 1. The second kappa shape index (κ2) is 6.21. The van der Waals surface area contributed by atoms with Crippen LogP contribution in [0.4, 0.5) is 4.79 Å². The number of rotatable bonds is 3. The fourth-order valence-corrected chi connectivity index (χ4v) is 3.02. The molecule has 0 spiro atoms. The molecule has 2 aromatic rings. The lowest BCUT2D eigenvalue weighted by atomic mass is 9.93. The third-order valence-electron chi connectivity index (χ3n) is 4.26. The van der Waals surface area contributed by atoms with Gasteiger partial charge in [0.05, 0.1) is 6.20 Å². The molecule has 0 bridgehead atoms. The van der Waals surface area contributed by atoms with E-state index < -0.39 is 0 Å². The molecule has 1 fully saturated rings. The summed E-state index contributed by atoms with van der Waals surface area (Å²) in [4.78, 5) is 14.1. The predicted octanol–water partition coefficient (Wildman–Crippen LogP) is 1.24. The van der Waals surface area contributed by atoms with Crippen molar-refractivity contribution in [2.45, 2.75) is 25.3 Å². The van der Waals surface area contributed by atoms with Gasteiger partial charge in [-0.25, -0.2) is 4.79 Å². The lowest BCUT2D eigenvalue weighted by Gasteiger charge is -2.32. The summed E-state index contributed by atoms with van der Waals surface area (Å²) in [7, 11) is 3.84. The Kier molecular flexibility index (Phi) is 4.13. The molecule has 0 radical (unpaired) electrons. The number of carbonyl (C=O) groups excluding carboxylic acids is 1. The topological polar surface area (TPSA) is 68.0 Å². The molecule has 3 rings (SSSR count). The van der Waals surface area contributed by atoms with E-state index in [1.54, 1.807) is 10.9 Å². The van der Waals surface area contributed by atoms with Crippen LogP contribution in [0.3, 0.4) is 0 Å². The van der Waals surface area contributed by atoms with Gasteiger partial charge in [0.2, 0.25) is 0 Å². The molecule has 22 heavy (non-hydrogen) atoms. The number of nitrogens with zero attached hydrogens (tertiary/aromatic N) is 5. The van der Waals surface area contributed by atoms with Crippen LogP contribution in [0.25, 0.3) is 0 Å². The number of amides is 2. The molecule has 0 unspecified atom stereocenters. The highest BCUT2D eigenvalue weighted by Gasteiger charge is 2.25. The van der Waals surface area contributed by atoms with Gasteiger partial charge in [-0.05, 0) is 18.9 Å². The van der Waals surface area contributed by atoms with Gasteiger partial charge in [-0.2, -0.15) is 10.2 Å². The van der Waals surface area contributed by atoms with Gasteiger partial charge in [-0.1, -0.05) is 0 Å². The Morgan fingerprint density at radius 3 is 2.68 bits per heavy atom. The van der Waals surface area contributed by atoms with Crippen molar-refractivity contribution in [3.05, 3.63) is 35.9 Å². The van der Waals surface area contributed by atoms with E-state index >= 15 is 0 Å². The highest BCUT2D eigenvalue weighted by atomic mass is 16.2.